The van der Waals surface area contributed by atoms with Crippen LogP contribution in [-0.4, -0.2) is 10.1 Å². The average Bonchev–Trinajstić information content (AvgIpc) is 3.24. The van der Waals surface area contributed by atoms with E-state index >= 15 is 0 Å². The Morgan fingerprint density at radius 3 is 2.29 bits per heavy atom. The van der Waals surface area contributed by atoms with Crippen molar-refractivity contribution in [2.45, 2.75) is 90.0 Å². The number of aryl methyl sites for hydroxylation is 1. The zero-order chi connectivity index (χ0) is 14.9. The van der Waals surface area contributed by atoms with Crippen LogP contribution >= 0.6 is 0 Å². The van der Waals surface area contributed by atoms with Crippen LogP contribution in [0, 0.1) is 5.92 Å². The highest BCUT2D eigenvalue weighted by Gasteiger charge is 2.32. The summed E-state index contributed by atoms with van der Waals surface area (Å²) in [4.78, 5) is 4.44. The SMILES string of the molecule is CCCCCCCCCCCc1nc(C(N)C2CC2)no1. The molecule has 0 aliphatic heterocycles. The van der Waals surface area contributed by atoms with Crippen LogP contribution in [0.3, 0.4) is 0 Å². The molecule has 21 heavy (non-hydrogen) atoms. The van der Waals surface area contributed by atoms with Crippen molar-refractivity contribution < 1.29 is 4.52 Å². The van der Waals surface area contributed by atoms with Crippen molar-refractivity contribution in [3.05, 3.63) is 11.7 Å². The Bertz CT molecular complexity index is 387. The van der Waals surface area contributed by atoms with Crippen LogP contribution in [-0.2, 0) is 6.42 Å². The largest absolute Gasteiger partial charge is 0.339 e. The summed E-state index contributed by atoms with van der Waals surface area (Å²) in [6, 6.07) is -0.00868. The Morgan fingerprint density at radius 2 is 1.67 bits per heavy atom. The Balaban J connectivity index is 1.49. The van der Waals surface area contributed by atoms with E-state index in [9.17, 15) is 0 Å². The van der Waals surface area contributed by atoms with Crippen molar-refractivity contribution in [3.8, 4) is 0 Å². The van der Waals surface area contributed by atoms with Crippen molar-refractivity contribution in [2.24, 2.45) is 11.7 Å². The van der Waals surface area contributed by atoms with Crippen molar-refractivity contribution in [3.63, 3.8) is 0 Å². The van der Waals surface area contributed by atoms with Gasteiger partial charge in [-0.2, -0.15) is 4.98 Å². The highest BCUT2D eigenvalue weighted by atomic mass is 16.5. The lowest BCUT2D eigenvalue weighted by molar-refractivity contribution is 0.363. The van der Waals surface area contributed by atoms with Gasteiger partial charge in [0.1, 0.15) is 0 Å². The third-order valence-corrected chi connectivity index (χ3v) is 4.41. The number of nitrogens with two attached hydrogens (primary N) is 1. The molecular formula is C17H31N3O. The second-order valence-corrected chi connectivity index (χ2v) is 6.49. The first-order valence-electron chi connectivity index (χ1n) is 8.89. The molecule has 0 bridgehead atoms. The monoisotopic (exact) mass is 293 g/mol. The summed E-state index contributed by atoms with van der Waals surface area (Å²) in [5.41, 5.74) is 6.07. The van der Waals surface area contributed by atoms with Gasteiger partial charge in [-0.15, -0.1) is 0 Å². The molecule has 120 valence electrons. The fraction of sp³-hybridized carbons (Fsp3) is 0.882. The van der Waals surface area contributed by atoms with Crippen molar-refractivity contribution in [1.82, 2.24) is 10.1 Å². The number of hydrogen-bond acceptors (Lipinski definition) is 4. The van der Waals surface area contributed by atoms with Crippen LogP contribution in [0.4, 0.5) is 0 Å². The zero-order valence-corrected chi connectivity index (χ0v) is 13.5. The van der Waals surface area contributed by atoms with Gasteiger partial charge in [-0.05, 0) is 25.2 Å². The molecule has 0 spiro atoms. The molecule has 1 saturated carbocycles. The van der Waals surface area contributed by atoms with Gasteiger partial charge in [0.25, 0.3) is 0 Å². The maximum Gasteiger partial charge on any atom is 0.226 e. The quantitative estimate of drug-likeness (QED) is 0.574. The van der Waals surface area contributed by atoms with Crippen LogP contribution in [0.2, 0.25) is 0 Å². The fourth-order valence-electron chi connectivity index (χ4n) is 2.76. The molecule has 0 amide bonds. The molecule has 1 unspecified atom stereocenters. The summed E-state index contributed by atoms with van der Waals surface area (Å²) < 4.78 is 5.29. The Kier molecular flexibility index (Phi) is 7.20. The van der Waals surface area contributed by atoms with E-state index in [2.05, 4.69) is 17.1 Å². The summed E-state index contributed by atoms with van der Waals surface area (Å²) in [5, 5.41) is 4.02. The molecule has 1 aromatic rings. The second-order valence-electron chi connectivity index (χ2n) is 6.49. The third-order valence-electron chi connectivity index (χ3n) is 4.41. The number of rotatable bonds is 12. The summed E-state index contributed by atoms with van der Waals surface area (Å²) in [6.07, 6.45) is 15.4. The highest BCUT2D eigenvalue weighted by Crippen LogP contribution is 2.38. The topological polar surface area (TPSA) is 64.9 Å². The molecule has 1 aromatic heterocycles. The lowest BCUT2D eigenvalue weighted by Crippen LogP contribution is -2.14. The molecule has 1 aliphatic rings. The summed E-state index contributed by atoms with van der Waals surface area (Å²) in [7, 11) is 0. The van der Waals surface area contributed by atoms with Crippen LogP contribution in [0.5, 0.6) is 0 Å². The number of nitrogens with zero attached hydrogens (tertiary/aromatic N) is 2. The minimum absolute atomic E-state index is 0.00868. The Morgan fingerprint density at radius 1 is 1.05 bits per heavy atom. The van der Waals surface area contributed by atoms with E-state index < -0.39 is 0 Å². The molecule has 2 N–H and O–H groups in total. The van der Waals surface area contributed by atoms with Gasteiger partial charge >= 0.3 is 0 Å². The number of aromatic nitrogens is 2. The van der Waals surface area contributed by atoms with E-state index in [-0.39, 0.29) is 6.04 Å². The zero-order valence-electron chi connectivity index (χ0n) is 13.5. The molecule has 4 nitrogen and oxygen atoms in total. The van der Waals surface area contributed by atoms with Gasteiger partial charge in [0.15, 0.2) is 5.82 Å². The molecule has 1 fully saturated rings. The van der Waals surface area contributed by atoms with E-state index in [0.29, 0.717) is 11.7 Å². The van der Waals surface area contributed by atoms with Crippen LogP contribution < -0.4 is 5.73 Å². The van der Waals surface area contributed by atoms with E-state index in [1.807, 2.05) is 0 Å². The van der Waals surface area contributed by atoms with Crippen molar-refractivity contribution in [2.75, 3.05) is 0 Å². The van der Waals surface area contributed by atoms with Gasteiger partial charge in [-0.1, -0.05) is 63.4 Å². The average molecular weight is 293 g/mol. The minimum atomic E-state index is -0.00868. The molecule has 0 aromatic carbocycles. The van der Waals surface area contributed by atoms with Crippen LogP contribution in [0.1, 0.15) is 95.3 Å². The maximum absolute atomic E-state index is 6.07. The summed E-state index contributed by atoms with van der Waals surface area (Å²) in [5.74, 6) is 2.07. The Hall–Kier alpha value is -0.900. The molecule has 0 saturated heterocycles. The van der Waals surface area contributed by atoms with E-state index in [1.54, 1.807) is 0 Å². The predicted molar refractivity (Wildman–Crippen MR) is 84.9 cm³/mol. The minimum Gasteiger partial charge on any atom is -0.339 e. The van der Waals surface area contributed by atoms with Crippen molar-refractivity contribution in [1.29, 1.82) is 0 Å². The molecule has 1 atom stereocenters. The number of unbranched alkanes of at least 4 members (excludes halogenated alkanes) is 8. The van der Waals surface area contributed by atoms with E-state index in [0.717, 1.165) is 18.7 Å². The normalized spacial score (nSPS) is 16.3. The van der Waals surface area contributed by atoms with E-state index in [4.69, 9.17) is 10.3 Å². The summed E-state index contributed by atoms with van der Waals surface area (Å²) in [6.45, 7) is 2.26. The molecule has 2 rings (SSSR count). The van der Waals surface area contributed by atoms with E-state index in [1.165, 1.54) is 64.2 Å². The lowest BCUT2D eigenvalue weighted by atomic mass is 10.1. The fourth-order valence-corrected chi connectivity index (χ4v) is 2.76. The van der Waals surface area contributed by atoms with Gasteiger partial charge < -0.3 is 10.3 Å². The predicted octanol–water partition coefficient (Wildman–Crippen LogP) is 4.55. The first-order valence-corrected chi connectivity index (χ1v) is 8.89. The molecule has 1 aliphatic carbocycles. The first-order chi connectivity index (χ1) is 10.3. The second kappa shape index (κ2) is 9.19. The first kappa shape index (κ1) is 16.5. The third kappa shape index (κ3) is 6.16. The van der Waals surface area contributed by atoms with Gasteiger partial charge in [0.05, 0.1) is 6.04 Å². The smallest absolute Gasteiger partial charge is 0.226 e. The number of hydrogen-bond donors (Lipinski definition) is 1. The molecule has 4 heteroatoms. The van der Waals surface area contributed by atoms with Gasteiger partial charge in [0, 0.05) is 6.42 Å². The molecular weight excluding hydrogens is 262 g/mol. The Labute approximate surface area is 128 Å². The lowest BCUT2D eigenvalue weighted by Gasteiger charge is -2.02. The van der Waals surface area contributed by atoms with Gasteiger partial charge in [-0.3, -0.25) is 0 Å². The molecule has 1 heterocycles. The van der Waals surface area contributed by atoms with Crippen molar-refractivity contribution >= 4 is 0 Å². The van der Waals surface area contributed by atoms with Gasteiger partial charge in [-0.25, -0.2) is 0 Å². The van der Waals surface area contributed by atoms with Crippen LogP contribution in [0.15, 0.2) is 4.52 Å². The van der Waals surface area contributed by atoms with Gasteiger partial charge in [0.2, 0.25) is 5.89 Å². The maximum atomic E-state index is 6.07. The standard InChI is InChI=1S/C17H31N3O/c1-2-3-4-5-6-7-8-9-10-11-15-19-17(20-21-15)16(18)14-12-13-14/h14,16H,2-13,18H2,1H3. The van der Waals surface area contributed by atoms with Crippen LogP contribution in [0.25, 0.3) is 0 Å². The highest BCUT2D eigenvalue weighted by molar-refractivity contribution is 4.99. The summed E-state index contributed by atoms with van der Waals surface area (Å²) >= 11 is 0. The molecule has 0 radical (unpaired) electrons.